The van der Waals surface area contributed by atoms with Crippen molar-refractivity contribution in [3.05, 3.63) is 0 Å². The van der Waals surface area contributed by atoms with Crippen molar-refractivity contribution in [2.24, 2.45) is 5.92 Å². The summed E-state index contributed by atoms with van der Waals surface area (Å²) >= 11 is 0. The molecule has 0 amide bonds. The van der Waals surface area contributed by atoms with Gasteiger partial charge in [-0.2, -0.15) is 17.0 Å². The summed E-state index contributed by atoms with van der Waals surface area (Å²) in [5, 5.41) is 3.32. The van der Waals surface area contributed by atoms with Gasteiger partial charge in [0.2, 0.25) is 0 Å². The fraction of sp³-hybridized carbons (Fsp3) is 1.00. The maximum atomic E-state index is 13.0. The maximum Gasteiger partial charge on any atom is 0.282 e. The number of fused-ring (bicyclic) bond motifs is 1. The molecule has 20 heavy (non-hydrogen) atoms. The first-order valence-corrected chi connectivity index (χ1v) is 8.94. The predicted octanol–water partition coefficient (Wildman–Crippen LogP) is 0.0226. The van der Waals surface area contributed by atoms with Crippen LogP contribution in [0.2, 0.25) is 0 Å². The van der Waals surface area contributed by atoms with Crippen LogP contribution in [0.25, 0.3) is 0 Å². The second-order valence-electron chi connectivity index (χ2n) is 6.48. The lowest BCUT2D eigenvalue weighted by atomic mass is 10.0. The average molecular weight is 303 g/mol. The third-order valence-corrected chi connectivity index (χ3v) is 6.80. The Kier molecular flexibility index (Phi) is 3.83. The minimum absolute atomic E-state index is 0.0380. The molecule has 3 aliphatic rings. The number of nitrogens with zero attached hydrogens (tertiary/aromatic N) is 2. The molecular weight excluding hydrogens is 278 g/mol. The quantitative estimate of drug-likeness (QED) is 0.781. The number of ether oxygens (including phenoxy) is 1. The molecule has 5 unspecified atom stereocenters. The Balaban J connectivity index is 1.83. The van der Waals surface area contributed by atoms with Crippen LogP contribution < -0.4 is 5.32 Å². The molecule has 0 aliphatic carbocycles. The third-order valence-electron chi connectivity index (χ3n) is 4.69. The number of morpholine rings is 1. The van der Waals surface area contributed by atoms with Crippen molar-refractivity contribution in [2.45, 2.75) is 51.5 Å². The summed E-state index contributed by atoms with van der Waals surface area (Å²) in [6.07, 6.45) is 0.889. The van der Waals surface area contributed by atoms with Crippen molar-refractivity contribution in [3.8, 4) is 0 Å². The highest BCUT2D eigenvalue weighted by atomic mass is 32.2. The standard InChI is InChI=1S/C13H25N3O3S/c1-9-4-12-5-14-6-13(12)16(9)20(17,18)15-7-10(2)19-11(3)8-15/h9-14H,4-8H2,1-3H3. The van der Waals surface area contributed by atoms with Crippen LogP contribution in [0.3, 0.4) is 0 Å². The minimum Gasteiger partial charge on any atom is -0.373 e. The van der Waals surface area contributed by atoms with Gasteiger partial charge in [0.25, 0.3) is 10.2 Å². The third kappa shape index (κ3) is 2.39. The largest absolute Gasteiger partial charge is 0.373 e. The van der Waals surface area contributed by atoms with Crippen molar-refractivity contribution in [3.63, 3.8) is 0 Å². The summed E-state index contributed by atoms with van der Waals surface area (Å²) in [6.45, 7) is 8.54. The van der Waals surface area contributed by atoms with Crippen LogP contribution >= 0.6 is 0 Å². The lowest BCUT2D eigenvalue weighted by molar-refractivity contribution is -0.0458. The monoisotopic (exact) mass is 303 g/mol. The highest BCUT2D eigenvalue weighted by Gasteiger charge is 2.49. The normalized spacial score (nSPS) is 43.9. The van der Waals surface area contributed by atoms with E-state index in [2.05, 4.69) is 5.32 Å². The molecule has 0 aromatic rings. The molecule has 3 heterocycles. The van der Waals surface area contributed by atoms with Crippen molar-refractivity contribution < 1.29 is 13.2 Å². The van der Waals surface area contributed by atoms with Crippen LogP contribution in [-0.4, -0.2) is 67.5 Å². The Morgan fingerprint density at radius 1 is 1.10 bits per heavy atom. The molecular formula is C13H25N3O3S. The second-order valence-corrected chi connectivity index (χ2v) is 8.32. The first-order valence-electron chi connectivity index (χ1n) is 7.54. The van der Waals surface area contributed by atoms with Gasteiger partial charge in [0, 0.05) is 31.7 Å². The molecule has 0 radical (unpaired) electrons. The van der Waals surface area contributed by atoms with Gasteiger partial charge in [0.15, 0.2) is 0 Å². The molecule has 3 rings (SSSR count). The van der Waals surface area contributed by atoms with Gasteiger partial charge in [-0.25, -0.2) is 0 Å². The topological polar surface area (TPSA) is 61.9 Å². The van der Waals surface area contributed by atoms with E-state index in [1.807, 2.05) is 20.8 Å². The summed E-state index contributed by atoms with van der Waals surface area (Å²) < 4.78 is 35.0. The van der Waals surface area contributed by atoms with E-state index in [9.17, 15) is 8.42 Å². The molecule has 0 aromatic heterocycles. The molecule has 3 aliphatic heterocycles. The van der Waals surface area contributed by atoms with Gasteiger partial charge in [-0.15, -0.1) is 0 Å². The van der Waals surface area contributed by atoms with E-state index in [4.69, 9.17) is 4.74 Å². The summed E-state index contributed by atoms with van der Waals surface area (Å²) in [5.74, 6) is 0.468. The molecule has 7 heteroatoms. The minimum atomic E-state index is -3.38. The fourth-order valence-electron chi connectivity index (χ4n) is 3.98. The molecule has 0 aromatic carbocycles. The average Bonchev–Trinajstić information content (AvgIpc) is 2.86. The van der Waals surface area contributed by atoms with E-state index in [0.29, 0.717) is 19.0 Å². The molecule has 0 spiro atoms. The Morgan fingerprint density at radius 3 is 2.40 bits per heavy atom. The van der Waals surface area contributed by atoms with E-state index in [1.165, 1.54) is 0 Å². The Bertz CT molecular complexity index is 459. The van der Waals surface area contributed by atoms with Gasteiger partial charge in [0.05, 0.1) is 12.2 Å². The Morgan fingerprint density at radius 2 is 1.75 bits per heavy atom. The zero-order valence-corrected chi connectivity index (χ0v) is 13.3. The highest BCUT2D eigenvalue weighted by Crippen LogP contribution is 2.36. The van der Waals surface area contributed by atoms with Gasteiger partial charge in [0.1, 0.15) is 0 Å². The molecule has 6 nitrogen and oxygen atoms in total. The highest BCUT2D eigenvalue weighted by molar-refractivity contribution is 7.86. The van der Waals surface area contributed by atoms with Crippen LogP contribution in [0.1, 0.15) is 27.2 Å². The lowest BCUT2D eigenvalue weighted by Gasteiger charge is -2.38. The fourth-order valence-corrected chi connectivity index (χ4v) is 6.17. The Labute approximate surface area is 121 Å². The molecule has 116 valence electrons. The molecule has 3 fully saturated rings. The zero-order chi connectivity index (χ0) is 14.5. The molecule has 5 atom stereocenters. The maximum absolute atomic E-state index is 13.0. The van der Waals surface area contributed by atoms with Crippen molar-refractivity contribution >= 4 is 10.2 Å². The van der Waals surface area contributed by atoms with Crippen LogP contribution in [0.15, 0.2) is 0 Å². The van der Waals surface area contributed by atoms with Crippen LogP contribution in [0.5, 0.6) is 0 Å². The summed E-state index contributed by atoms with van der Waals surface area (Å²) in [5.41, 5.74) is 0. The van der Waals surface area contributed by atoms with Crippen molar-refractivity contribution in [1.82, 2.24) is 13.9 Å². The van der Waals surface area contributed by atoms with Crippen LogP contribution in [0, 0.1) is 5.92 Å². The predicted molar refractivity (Wildman–Crippen MR) is 76.6 cm³/mol. The summed E-state index contributed by atoms with van der Waals surface area (Å²) in [7, 11) is -3.38. The van der Waals surface area contributed by atoms with E-state index in [-0.39, 0.29) is 24.3 Å². The van der Waals surface area contributed by atoms with E-state index < -0.39 is 10.2 Å². The van der Waals surface area contributed by atoms with Crippen molar-refractivity contribution in [1.29, 1.82) is 0 Å². The van der Waals surface area contributed by atoms with Gasteiger partial charge < -0.3 is 10.1 Å². The molecule has 3 saturated heterocycles. The number of rotatable bonds is 2. The van der Waals surface area contributed by atoms with Crippen LogP contribution in [0.4, 0.5) is 0 Å². The lowest BCUT2D eigenvalue weighted by Crippen LogP contribution is -2.56. The first-order chi connectivity index (χ1) is 9.39. The number of hydrogen-bond donors (Lipinski definition) is 1. The van der Waals surface area contributed by atoms with E-state index >= 15 is 0 Å². The smallest absolute Gasteiger partial charge is 0.282 e. The molecule has 1 N–H and O–H groups in total. The summed E-state index contributed by atoms with van der Waals surface area (Å²) in [6, 6.07) is 0.231. The zero-order valence-electron chi connectivity index (χ0n) is 12.4. The van der Waals surface area contributed by atoms with Crippen molar-refractivity contribution in [2.75, 3.05) is 26.2 Å². The number of hydrogen-bond acceptors (Lipinski definition) is 4. The molecule has 0 bridgehead atoms. The van der Waals surface area contributed by atoms with E-state index in [0.717, 1.165) is 19.5 Å². The van der Waals surface area contributed by atoms with Gasteiger partial charge in [-0.3, -0.25) is 0 Å². The first kappa shape index (κ1) is 14.7. The van der Waals surface area contributed by atoms with Gasteiger partial charge in [-0.1, -0.05) is 0 Å². The number of nitrogens with one attached hydrogen (secondary N) is 1. The Hall–Kier alpha value is -0.210. The summed E-state index contributed by atoms with van der Waals surface area (Å²) in [4.78, 5) is 0. The molecule has 0 saturated carbocycles. The van der Waals surface area contributed by atoms with E-state index in [1.54, 1.807) is 8.61 Å². The SMILES string of the molecule is CC1CN(S(=O)(=O)N2C(C)CC3CNCC32)CC(C)O1. The second kappa shape index (κ2) is 5.21. The van der Waals surface area contributed by atoms with Crippen LogP contribution in [-0.2, 0) is 14.9 Å². The van der Waals surface area contributed by atoms with Gasteiger partial charge in [-0.05, 0) is 39.7 Å². The van der Waals surface area contributed by atoms with Gasteiger partial charge >= 0.3 is 0 Å².